The Bertz CT molecular complexity index is 351. The highest BCUT2D eigenvalue weighted by Crippen LogP contribution is 2.15. The summed E-state index contributed by atoms with van der Waals surface area (Å²) in [6.45, 7) is 7.25. The maximum absolute atomic E-state index is 5.71. The van der Waals surface area contributed by atoms with Crippen LogP contribution in [-0.2, 0) is 15.9 Å². The second kappa shape index (κ2) is 11.7. The van der Waals surface area contributed by atoms with Crippen molar-refractivity contribution >= 4 is 0 Å². The van der Waals surface area contributed by atoms with Gasteiger partial charge in [-0.25, -0.2) is 0 Å². The maximum Gasteiger partial charge on any atom is 0.0701 e. The normalized spacial score (nSPS) is 12.5. The summed E-state index contributed by atoms with van der Waals surface area (Å²) in [4.78, 5) is 0. The van der Waals surface area contributed by atoms with Crippen molar-refractivity contribution in [2.24, 2.45) is 0 Å². The van der Waals surface area contributed by atoms with Crippen LogP contribution in [-0.4, -0.2) is 33.5 Å². The molecule has 1 atom stereocenters. The number of likely N-dealkylation sites (N-methyl/N-ethyl adjacent to an activating group) is 1. The molecule has 0 amide bonds. The summed E-state index contributed by atoms with van der Waals surface area (Å²) < 4.78 is 11.2. The van der Waals surface area contributed by atoms with Crippen molar-refractivity contribution in [3.05, 3.63) is 35.4 Å². The number of hydrogen-bond donors (Lipinski definition) is 1. The summed E-state index contributed by atoms with van der Waals surface area (Å²) in [5, 5.41) is 3.32. The Kier molecular flexibility index (Phi) is 10.1. The SMILES string of the molecule is CCCCOCCOCC(NC)c1ccc(CCC)cc1. The summed E-state index contributed by atoms with van der Waals surface area (Å²) >= 11 is 0. The van der Waals surface area contributed by atoms with Crippen LogP contribution in [0.1, 0.15) is 50.3 Å². The Hall–Kier alpha value is -0.900. The average Bonchev–Trinajstić information content (AvgIpc) is 2.52. The van der Waals surface area contributed by atoms with Gasteiger partial charge in [0.05, 0.1) is 25.9 Å². The third-order valence-electron chi connectivity index (χ3n) is 3.57. The third-order valence-corrected chi connectivity index (χ3v) is 3.57. The van der Waals surface area contributed by atoms with Gasteiger partial charge >= 0.3 is 0 Å². The second-order valence-corrected chi connectivity index (χ2v) is 5.37. The fourth-order valence-corrected chi connectivity index (χ4v) is 2.22. The predicted octanol–water partition coefficient (Wildman–Crippen LogP) is 3.73. The van der Waals surface area contributed by atoms with E-state index in [0.29, 0.717) is 19.8 Å². The van der Waals surface area contributed by atoms with Gasteiger partial charge in [0.1, 0.15) is 0 Å². The molecule has 0 aliphatic heterocycles. The minimum Gasteiger partial charge on any atom is -0.379 e. The Morgan fingerprint density at radius 2 is 1.67 bits per heavy atom. The molecule has 0 saturated heterocycles. The Labute approximate surface area is 130 Å². The van der Waals surface area contributed by atoms with Crippen molar-refractivity contribution in [2.75, 3.05) is 33.5 Å². The zero-order valence-corrected chi connectivity index (χ0v) is 13.9. The molecule has 3 nitrogen and oxygen atoms in total. The number of unbranched alkanes of at least 4 members (excludes halogenated alkanes) is 1. The fraction of sp³-hybridized carbons (Fsp3) is 0.667. The number of ether oxygens (including phenoxy) is 2. The van der Waals surface area contributed by atoms with Crippen LogP contribution in [0, 0.1) is 0 Å². The lowest BCUT2D eigenvalue weighted by Gasteiger charge is -2.17. The molecule has 0 aromatic heterocycles. The summed E-state index contributed by atoms with van der Waals surface area (Å²) in [7, 11) is 1.98. The third kappa shape index (κ3) is 7.60. The monoisotopic (exact) mass is 293 g/mol. The van der Waals surface area contributed by atoms with Crippen molar-refractivity contribution in [1.29, 1.82) is 0 Å². The zero-order chi connectivity index (χ0) is 15.3. The van der Waals surface area contributed by atoms with Crippen LogP contribution in [0.25, 0.3) is 0 Å². The molecule has 1 N–H and O–H groups in total. The molecule has 0 aliphatic rings. The van der Waals surface area contributed by atoms with Crippen LogP contribution >= 0.6 is 0 Å². The summed E-state index contributed by atoms with van der Waals surface area (Å²) in [6, 6.07) is 9.09. The Morgan fingerprint density at radius 3 is 2.29 bits per heavy atom. The lowest BCUT2D eigenvalue weighted by molar-refractivity contribution is 0.0388. The van der Waals surface area contributed by atoms with E-state index < -0.39 is 0 Å². The molecule has 1 aromatic carbocycles. The number of aryl methyl sites for hydroxylation is 1. The lowest BCUT2D eigenvalue weighted by Crippen LogP contribution is -2.22. The van der Waals surface area contributed by atoms with E-state index in [1.807, 2.05) is 7.05 Å². The molecule has 1 aromatic rings. The van der Waals surface area contributed by atoms with Crippen LogP contribution in [0.5, 0.6) is 0 Å². The molecule has 0 bridgehead atoms. The van der Waals surface area contributed by atoms with Gasteiger partial charge in [0.25, 0.3) is 0 Å². The van der Waals surface area contributed by atoms with Gasteiger partial charge in [-0.1, -0.05) is 51.0 Å². The molecule has 120 valence electrons. The smallest absolute Gasteiger partial charge is 0.0701 e. The van der Waals surface area contributed by atoms with Gasteiger partial charge in [0, 0.05) is 6.61 Å². The molecule has 0 fully saturated rings. The van der Waals surface area contributed by atoms with Gasteiger partial charge in [0.15, 0.2) is 0 Å². The average molecular weight is 293 g/mol. The van der Waals surface area contributed by atoms with E-state index in [1.54, 1.807) is 0 Å². The van der Waals surface area contributed by atoms with E-state index in [-0.39, 0.29) is 6.04 Å². The van der Waals surface area contributed by atoms with Crippen molar-refractivity contribution in [3.63, 3.8) is 0 Å². The number of rotatable bonds is 12. The van der Waals surface area contributed by atoms with Crippen molar-refractivity contribution in [3.8, 4) is 0 Å². The molecule has 0 saturated carbocycles. The van der Waals surface area contributed by atoms with Gasteiger partial charge < -0.3 is 14.8 Å². The van der Waals surface area contributed by atoms with E-state index in [9.17, 15) is 0 Å². The molecule has 0 radical (unpaired) electrons. The molecule has 0 heterocycles. The van der Waals surface area contributed by atoms with Crippen molar-refractivity contribution < 1.29 is 9.47 Å². The predicted molar refractivity (Wildman–Crippen MR) is 88.8 cm³/mol. The van der Waals surface area contributed by atoms with Crippen molar-refractivity contribution in [2.45, 2.75) is 45.6 Å². The van der Waals surface area contributed by atoms with Crippen LogP contribution in [0.3, 0.4) is 0 Å². The van der Waals surface area contributed by atoms with Crippen LogP contribution in [0.15, 0.2) is 24.3 Å². The second-order valence-electron chi connectivity index (χ2n) is 5.37. The minimum absolute atomic E-state index is 0.247. The molecule has 0 aliphatic carbocycles. The van der Waals surface area contributed by atoms with Crippen LogP contribution < -0.4 is 5.32 Å². The maximum atomic E-state index is 5.71. The zero-order valence-electron chi connectivity index (χ0n) is 13.9. The van der Waals surface area contributed by atoms with E-state index in [4.69, 9.17) is 9.47 Å². The van der Waals surface area contributed by atoms with E-state index in [1.165, 1.54) is 24.0 Å². The molecule has 0 spiro atoms. The van der Waals surface area contributed by atoms with Crippen molar-refractivity contribution in [1.82, 2.24) is 5.32 Å². The first-order chi connectivity index (χ1) is 10.3. The fourth-order valence-electron chi connectivity index (χ4n) is 2.22. The lowest BCUT2D eigenvalue weighted by atomic mass is 10.0. The largest absolute Gasteiger partial charge is 0.379 e. The van der Waals surface area contributed by atoms with Gasteiger partial charge in [-0.05, 0) is 31.0 Å². The Morgan fingerprint density at radius 1 is 0.952 bits per heavy atom. The van der Waals surface area contributed by atoms with Crippen LogP contribution in [0.2, 0.25) is 0 Å². The molecular formula is C18H31NO2. The first kappa shape index (κ1) is 18.1. The summed E-state index contributed by atoms with van der Waals surface area (Å²) in [5.41, 5.74) is 2.69. The van der Waals surface area contributed by atoms with Gasteiger partial charge in [-0.15, -0.1) is 0 Å². The van der Waals surface area contributed by atoms with Crippen LogP contribution in [0.4, 0.5) is 0 Å². The first-order valence-electron chi connectivity index (χ1n) is 8.23. The topological polar surface area (TPSA) is 30.5 Å². The molecule has 1 rings (SSSR count). The van der Waals surface area contributed by atoms with Gasteiger partial charge in [0.2, 0.25) is 0 Å². The number of hydrogen-bond acceptors (Lipinski definition) is 3. The first-order valence-corrected chi connectivity index (χ1v) is 8.23. The molecule has 3 heteroatoms. The summed E-state index contributed by atoms with van der Waals surface area (Å²) in [5.74, 6) is 0. The van der Waals surface area contributed by atoms with E-state index in [0.717, 1.165) is 19.4 Å². The van der Waals surface area contributed by atoms with E-state index in [2.05, 4.69) is 43.4 Å². The van der Waals surface area contributed by atoms with Gasteiger partial charge in [-0.3, -0.25) is 0 Å². The Balaban J connectivity index is 2.27. The quantitative estimate of drug-likeness (QED) is 0.596. The summed E-state index contributed by atoms with van der Waals surface area (Å²) in [6.07, 6.45) is 4.64. The van der Waals surface area contributed by atoms with E-state index >= 15 is 0 Å². The van der Waals surface area contributed by atoms with Gasteiger partial charge in [-0.2, -0.15) is 0 Å². The highest BCUT2D eigenvalue weighted by atomic mass is 16.5. The molecular weight excluding hydrogens is 262 g/mol. The molecule has 1 unspecified atom stereocenters. The number of benzene rings is 1. The molecule has 21 heavy (non-hydrogen) atoms. The minimum atomic E-state index is 0.247. The highest BCUT2D eigenvalue weighted by molar-refractivity contribution is 5.25. The highest BCUT2D eigenvalue weighted by Gasteiger charge is 2.09. The number of nitrogens with one attached hydrogen (secondary N) is 1. The standard InChI is InChI=1S/C18H31NO2/c1-4-6-12-20-13-14-21-15-18(19-3)17-10-8-16(7-5-2)9-11-17/h8-11,18-19H,4-7,12-15H2,1-3H3.